The Hall–Kier alpha value is -3.09. The van der Waals surface area contributed by atoms with E-state index in [9.17, 15) is 69.9 Å². The molecule has 0 saturated carbocycles. The van der Waals surface area contributed by atoms with Gasteiger partial charge in [0.15, 0.2) is 18.9 Å². The van der Waals surface area contributed by atoms with Crippen molar-refractivity contribution in [3.63, 3.8) is 0 Å². The summed E-state index contributed by atoms with van der Waals surface area (Å²) in [5.74, 6) is -3.38. The molecule has 3 saturated heterocycles. The zero-order chi connectivity index (χ0) is 57.1. The first-order valence-corrected chi connectivity index (χ1v) is 27.6. The molecule has 0 radical (unpaired) electrons. The average molecular weight is 1110 g/mol. The minimum Gasteiger partial charge on any atom is -0.394 e. The van der Waals surface area contributed by atoms with E-state index in [0.717, 1.165) is 0 Å². The number of carbonyl (C=O) groups excluding carboxylic acids is 5. The van der Waals surface area contributed by atoms with Crippen LogP contribution in [0.4, 0.5) is 0 Å². The second-order valence-corrected chi connectivity index (χ2v) is 21.0. The maximum Gasteiger partial charge on any atom is 0.220 e. The number of aliphatic hydroxyl groups excluding tert-OH is 9. The fourth-order valence-electron chi connectivity index (χ4n) is 9.28. The summed E-state index contributed by atoms with van der Waals surface area (Å²) in [4.78, 5) is 66.9. The van der Waals surface area contributed by atoms with Gasteiger partial charge in [-0.15, -0.1) is 0 Å². The number of amides is 4. The van der Waals surface area contributed by atoms with Crippen LogP contribution in [0.25, 0.3) is 0 Å². The van der Waals surface area contributed by atoms with Gasteiger partial charge >= 0.3 is 0 Å². The summed E-state index contributed by atoms with van der Waals surface area (Å²) in [5, 5.41) is 102. The van der Waals surface area contributed by atoms with Gasteiger partial charge in [0.1, 0.15) is 42.4 Å². The summed E-state index contributed by atoms with van der Waals surface area (Å²) < 4.78 is 39.7. The third-order valence-corrected chi connectivity index (χ3v) is 14.4. The molecule has 13 N–H and O–H groups in total. The van der Waals surface area contributed by atoms with Crippen LogP contribution in [-0.2, 0) is 57.1 Å². The molecule has 6 unspecified atom stereocenters. The number of ketones is 1. The van der Waals surface area contributed by atoms with Gasteiger partial charge in [-0.25, -0.2) is 0 Å². The Labute approximate surface area is 452 Å². The van der Waals surface area contributed by atoms with Gasteiger partial charge in [-0.05, 0) is 71.6 Å². The SMILES string of the molecule is CC(C)OCCCNC(=O)CCCC(=O)NC(CCC(=O)CCCCO[C@@H]1OC(CO)[C@H](O)[C@H](O)C1C)(CCC(=O)NCCCO[C@@H]1OC(CO)[C@H](O)[C@H](O)C1C)CCC(=O)NCCCO[C@@H]1OC(CO)[C@H](O)[C@H](O)C1C. The van der Waals surface area contributed by atoms with E-state index in [4.69, 9.17) is 33.2 Å². The monoisotopic (exact) mass is 1110 g/mol. The number of nitrogens with one attached hydrogen (secondary N) is 4. The van der Waals surface area contributed by atoms with Crippen molar-refractivity contribution < 1.29 is 103 Å². The molecule has 3 heterocycles. The van der Waals surface area contributed by atoms with E-state index >= 15 is 0 Å². The predicted molar refractivity (Wildman–Crippen MR) is 274 cm³/mol. The third kappa shape index (κ3) is 23.9. The van der Waals surface area contributed by atoms with Crippen LogP contribution in [0.3, 0.4) is 0 Å². The van der Waals surface area contributed by atoms with Crippen LogP contribution in [0.1, 0.15) is 131 Å². The molecule has 0 aromatic carbocycles. The van der Waals surface area contributed by atoms with E-state index in [2.05, 4.69) is 21.3 Å². The molecule has 0 aliphatic carbocycles. The average Bonchev–Trinajstić information content (AvgIpc) is 3.40. The van der Waals surface area contributed by atoms with E-state index in [-0.39, 0.29) is 127 Å². The highest BCUT2D eigenvalue weighted by atomic mass is 16.7. The number of aliphatic hydroxyl groups is 9. The standard InChI is InChI=1S/C52H94N4O21/c1-31(2)71-25-9-21-53-39(61)13-8-14-42(64)56-52(18-15-35(60)12-6-7-24-72-49-32(3)43(65)46(68)36(28-57)75-49,19-16-40(62)54-22-10-26-73-50-33(4)44(66)47(69)37(29-58)76-50)20-17-41(63)55-23-11-27-74-51-34(5)45(67)48(70)38(30-59)77-51/h31-34,36-38,43-51,57-59,65-70H,6-30H2,1-5H3,(H,53,61)(H,54,62)(H,55,63)(H,56,64)/t32?,33?,34?,36?,37?,38?,43-,44-,45-,46+,47+,48+,49-,50-,51-,52?/m1/s1. The molecule has 0 aromatic heterocycles. The van der Waals surface area contributed by atoms with E-state index in [0.29, 0.717) is 45.3 Å². The summed E-state index contributed by atoms with van der Waals surface area (Å²) in [6, 6.07) is 0. The van der Waals surface area contributed by atoms with Gasteiger partial charge < -0.3 is 100 Å². The highest BCUT2D eigenvalue weighted by Crippen LogP contribution is 2.31. The lowest BCUT2D eigenvalue weighted by Gasteiger charge is -2.40. The van der Waals surface area contributed by atoms with Gasteiger partial charge in [-0.2, -0.15) is 0 Å². The lowest BCUT2D eigenvalue weighted by Crippen LogP contribution is -2.55. The van der Waals surface area contributed by atoms with Crippen LogP contribution in [-0.4, -0.2) is 227 Å². The number of rotatable bonds is 38. The summed E-state index contributed by atoms with van der Waals surface area (Å²) >= 11 is 0. The lowest BCUT2D eigenvalue weighted by molar-refractivity contribution is -0.282. The van der Waals surface area contributed by atoms with Gasteiger partial charge in [-0.3, -0.25) is 24.0 Å². The number of Topliss-reactive ketones (excluding diaryl/α,β-unsaturated/α-hetero) is 1. The first-order chi connectivity index (χ1) is 36.7. The molecule has 3 rings (SSSR count). The minimum atomic E-state index is -1.28. The van der Waals surface area contributed by atoms with Gasteiger partial charge in [0.2, 0.25) is 23.6 Å². The summed E-state index contributed by atoms with van der Waals surface area (Å²) in [6.07, 6.45) is -10.8. The Morgan fingerprint density at radius 3 is 1.22 bits per heavy atom. The maximum atomic E-state index is 13.8. The third-order valence-electron chi connectivity index (χ3n) is 14.4. The van der Waals surface area contributed by atoms with Crippen molar-refractivity contribution in [3.05, 3.63) is 0 Å². The topological polar surface area (TPSA) is 380 Å². The highest BCUT2D eigenvalue weighted by Gasteiger charge is 2.45. The van der Waals surface area contributed by atoms with Gasteiger partial charge in [0.05, 0.1) is 57.5 Å². The Morgan fingerprint density at radius 1 is 0.455 bits per heavy atom. The molecule has 15 atom stereocenters. The molecule has 3 fully saturated rings. The lowest BCUT2D eigenvalue weighted by atomic mass is 9.82. The Bertz CT molecular complexity index is 1560. The molecule has 25 nitrogen and oxygen atoms in total. The zero-order valence-corrected chi connectivity index (χ0v) is 45.8. The predicted octanol–water partition coefficient (Wildman–Crippen LogP) is -1.69. The number of unbranched alkanes of at least 4 members (excludes halogenated alkanes) is 1. The van der Waals surface area contributed by atoms with Crippen LogP contribution in [0.2, 0.25) is 0 Å². The molecule has 4 amide bonds. The zero-order valence-electron chi connectivity index (χ0n) is 45.8. The van der Waals surface area contributed by atoms with Gasteiger partial charge in [-0.1, -0.05) is 20.8 Å². The Kier molecular flexibility index (Phi) is 32.1. The van der Waals surface area contributed by atoms with E-state index in [1.165, 1.54) is 0 Å². The maximum absolute atomic E-state index is 13.8. The van der Waals surface area contributed by atoms with Crippen molar-refractivity contribution in [2.75, 3.05) is 65.9 Å². The van der Waals surface area contributed by atoms with Crippen molar-refractivity contribution in [2.45, 2.75) is 216 Å². The van der Waals surface area contributed by atoms with E-state index < -0.39 is 123 Å². The molecule has 0 aromatic rings. The van der Waals surface area contributed by atoms with Gasteiger partial charge in [0.25, 0.3) is 0 Å². The summed E-state index contributed by atoms with van der Waals surface area (Å²) in [6.45, 7) is 8.80. The largest absolute Gasteiger partial charge is 0.394 e. The molecule has 3 aliphatic rings. The molecule has 448 valence electrons. The van der Waals surface area contributed by atoms with Crippen LogP contribution in [0.5, 0.6) is 0 Å². The normalized spacial score (nSPS) is 30.4. The van der Waals surface area contributed by atoms with Crippen LogP contribution >= 0.6 is 0 Å². The van der Waals surface area contributed by atoms with E-state index in [1.54, 1.807) is 20.8 Å². The molecule has 3 aliphatic heterocycles. The molecular weight excluding hydrogens is 1020 g/mol. The Balaban J connectivity index is 1.68. The minimum absolute atomic E-state index is 0.0257. The first-order valence-electron chi connectivity index (χ1n) is 27.6. The second kappa shape index (κ2) is 36.3. The summed E-state index contributed by atoms with van der Waals surface area (Å²) in [7, 11) is 0. The van der Waals surface area contributed by atoms with Crippen LogP contribution in [0.15, 0.2) is 0 Å². The fourth-order valence-corrected chi connectivity index (χ4v) is 9.28. The number of hydrogen-bond donors (Lipinski definition) is 13. The molecule has 25 heteroatoms. The highest BCUT2D eigenvalue weighted by molar-refractivity contribution is 5.81. The molecule has 0 bridgehead atoms. The van der Waals surface area contributed by atoms with Crippen molar-refractivity contribution in [1.29, 1.82) is 0 Å². The summed E-state index contributed by atoms with van der Waals surface area (Å²) in [5.41, 5.74) is -1.25. The first kappa shape index (κ1) is 68.2. The van der Waals surface area contributed by atoms with Crippen molar-refractivity contribution in [3.8, 4) is 0 Å². The van der Waals surface area contributed by atoms with E-state index in [1.807, 2.05) is 13.8 Å². The molecular formula is C52H94N4O21. The number of carbonyl (C=O) groups is 5. The molecule has 77 heavy (non-hydrogen) atoms. The van der Waals surface area contributed by atoms with Crippen LogP contribution in [0, 0.1) is 17.8 Å². The second-order valence-electron chi connectivity index (χ2n) is 21.0. The number of ether oxygens (including phenoxy) is 7. The smallest absolute Gasteiger partial charge is 0.220 e. The van der Waals surface area contributed by atoms with Crippen molar-refractivity contribution >= 4 is 29.4 Å². The quantitative estimate of drug-likeness (QED) is 0.0307. The number of hydrogen-bond acceptors (Lipinski definition) is 21. The molecule has 0 spiro atoms. The van der Waals surface area contributed by atoms with Crippen LogP contribution < -0.4 is 21.3 Å². The van der Waals surface area contributed by atoms with Gasteiger partial charge in [0, 0.05) is 94.7 Å². The van der Waals surface area contributed by atoms with Crippen molar-refractivity contribution in [1.82, 2.24) is 21.3 Å². The fraction of sp³-hybridized carbons (Fsp3) is 0.904. The Morgan fingerprint density at radius 2 is 0.818 bits per heavy atom. The van der Waals surface area contributed by atoms with Crippen molar-refractivity contribution in [2.24, 2.45) is 17.8 Å².